The smallest absolute Gasteiger partial charge is 0.187 e. The van der Waals surface area contributed by atoms with E-state index in [-0.39, 0.29) is 6.29 Å². The Bertz CT molecular complexity index is 861. The van der Waals surface area contributed by atoms with Crippen molar-refractivity contribution in [3.63, 3.8) is 0 Å². The fourth-order valence-electron chi connectivity index (χ4n) is 3.81. The standard InChI is InChI=1S/C24H26O2Si/c1-27(2,3)26-23-22-17-11-10-12-19(22)18-24(25-23,20-13-6-4-7-14-20)21-15-8-5-9-16-21/h4-17,23H,18H2,1-3H3. The van der Waals surface area contributed by atoms with Crippen LogP contribution in [-0.2, 0) is 21.2 Å². The average Bonchev–Trinajstić information content (AvgIpc) is 2.68. The van der Waals surface area contributed by atoms with E-state index in [2.05, 4.69) is 105 Å². The quantitative estimate of drug-likeness (QED) is 0.517. The molecule has 3 aromatic rings. The van der Waals surface area contributed by atoms with Gasteiger partial charge in [0.05, 0.1) is 0 Å². The highest BCUT2D eigenvalue weighted by Crippen LogP contribution is 2.47. The molecule has 1 aliphatic rings. The molecule has 1 atom stereocenters. The van der Waals surface area contributed by atoms with Crippen molar-refractivity contribution < 1.29 is 9.16 Å². The summed E-state index contributed by atoms with van der Waals surface area (Å²) >= 11 is 0. The van der Waals surface area contributed by atoms with E-state index in [1.165, 1.54) is 5.56 Å². The number of fused-ring (bicyclic) bond motifs is 1. The average molecular weight is 375 g/mol. The highest BCUT2D eigenvalue weighted by atomic mass is 28.4. The molecule has 3 heteroatoms. The molecule has 0 amide bonds. The largest absolute Gasteiger partial charge is 0.390 e. The maximum Gasteiger partial charge on any atom is 0.187 e. The van der Waals surface area contributed by atoms with Gasteiger partial charge >= 0.3 is 0 Å². The van der Waals surface area contributed by atoms with Crippen molar-refractivity contribution in [1.82, 2.24) is 0 Å². The molecule has 138 valence electrons. The van der Waals surface area contributed by atoms with Crippen LogP contribution in [0.25, 0.3) is 0 Å². The van der Waals surface area contributed by atoms with E-state index < -0.39 is 13.9 Å². The second kappa shape index (κ2) is 7.08. The first kappa shape index (κ1) is 18.2. The summed E-state index contributed by atoms with van der Waals surface area (Å²) in [6.07, 6.45) is 0.435. The van der Waals surface area contributed by atoms with Crippen molar-refractivity contribution in [3.8, 4) is 0 Å². The van der Waals surface area contributed by atoms with E-state index in [9.17, 15) is 0 Å². The van der Waals surface area contributed by atoms with E-state index in [0.29, 0.717) is 0 Å². The van der Waals surface area contributed by atoms with E-state index in [1.54, 1.807) is 0 Å². The first-order chi connectivity index (χ1) is 13.0. The zero-order valence-corrected chi connectivity index (χ0v) is 17.2. The molecule has 3 aromatic carbocycles. The van der Waals surface area contributed by atoms with Crippen LogP contribution in [0.4, 0.5) is 0 Å². The molecule has 1 unspecified atom stereocenters. The van der Waals surface area contributed by atoms with E-state index >= 15 is 0 Å². The van der Waals surface area contributed by atoms with Crippen LogP contribution in [0.1, 0.15) is 28.5 Å². The predicted octanol–water partition coefficient (Wildman–Crippen LogP) is 6.05. The number of hydrogen-bond acceptors (Lipinski definition) is 2. The summed E-state index contributed by atoms with van der Waals surface area (Å²) in [5.41, 5.74) is 4.22. The lowest BCUT2D eigenvalue weighted by Crippen LogP contribution is -2.42. The minimum absolute atomic E-state index is 0.359. The topological polar surface area (TPSA) is 18.5 Å². The molecule has 4 rings (SSSR count). The zero-order valence-electron chi connectivity index (χ0n) is 16.2. The monoisotopic (exact) mass is 374 g/mol. The molecule has 1 heterocycles. The molecule has 0 aliphatic carbocycles. The van der Waals surface area contributed by atoms with Crippen LogP contribution in [0, 0.1) is 0 Å². The molecule has 0 saturated carbocycles. The van der Waals surface area contributed by atoms with E-state index in [0.717, 1.165) is 23.1 Å². The van der Waals surface area contributed by atoms with Gasteiger partial charge in [-0.05, 0) is 36.3 Å². The first-order valence-corrected chi connectivity index (χ1v) is 12.9. The Morgan fingerprint density at radius 3 is 1.85 bits per heavy atom. The van der Waals surface area contributed by atoms with Crippen molar-refractivity contribution in [2.24, 2.45) is 0 Å². The van der Waals surface area contributed by atoms with Crippen LogP contribution in [-0.4, -0.2) is 8.32 Å². The van der Waals surface area contributed by atoms with Gasteiger partial charge < -0.3 is 9.16 Å². The van der Waals surface area contributed by atoms with Gasteiger partial charge in [0.2, 0.25) is 0 Å². The van der Waals surface area contributed by atoms with Crippen molar-refractivity contribution >= 4 is 8.32 Å². The molecular weight excluding hydrogens is 348 g/mol. The van der Waals surface area contributed by atoms with Crippen LogP contribution in [0.15, 0.2) is 84.9 Å². The molecule has 0 saturated heterocycles. The molecule has 0 radical (unpaired) electrons. The Morgan fingerprint density at radius 1 is 0.778 bits per heavy atom. The Hall–Kier alpha value is -2.20. The van der Waals surface area contributed by atoms with Gasteiger partial charge in [0.1, 0.15) is 5.60 Å². The molecule has 0 bridgehead atoms. The van der Waals surface area contributed by atoms with Crippen molar-refractivity contribution in [2.45, 2.75) is 38.0 Å². The van der Waals surface area contributed by atoms with Crippen LogP contribution in [0.5, 0.6) is 0 Å². The second-order valence-electron chi connectivity index (χ2n) is 8.11. The van der Waals surface area contributed by atoms with Crippen LogP contribution >= 0.6 is 0 Å². The molecule has 0 aromatic heterocycles. The number of rotatable bonds is 4. The highest BCUT2D eigenvalue weighted by molar-refractivity contribution is 6.69. The molecule has 2 nitrogen and oxygen atoms in total. The summed E-state index contributed by atoms with van der Waals surface area (Å²) in [5, 5.41) is 0. The Kier molecular flexibility index (Phi) is 4.77. The fourth-order valence-corrected chi connectivity index (χ4v) is 4.63. The summed E-state index contributed by atoms with van der Waals surface area (Å²) in [6.45, 7) is 6.63. The van der Waals surface area contributed by atoms with Gasteiger partial charge in [-0.3, -0.25) is 0 Å². The van der Waals surface area contributed by atoms with Gasteiger partial charge in [-0.25, -0.2) is 0 Å². The molecular formula is C24H26O2Si. The minimum Gasteiger partial charge on any atom is -0.390 e. The fraction of sp³-hybridized carbons (Fsp3) is 0.250. The van der Waals surface area contributed by atoms with Gasteiger partial charge in [-0.2, -0.15) is 0 Å². The molecule has 0 fully saturated rings. The van der Waals surface area contributed by atoms with Crippen LogP contribution < -0.4 is 0 Å². The maximum absolute atomic E-state index is 6.86. The van der Waals surface area contributed by atoms with Gasteiger partial charge in [0.15, 0.2) is 14.6 Å². The van der Waals surface area contributed by atoms with E-state index in [4.69, 9.17) is 9.16 Å². The third kappa shape index (κ3) is 3.63. The second-order valence-corrected chi connectivity index (χ2v) is 12.6. The Labute approximate surface area is 162 Å². The number of benzene rings is 3. The Balaban J connectivity index is 1.90. The first-order valence-electron chi connectivity index (χ1n) is 9.52. The van der Waals surface area contributed by atoms with Gasteiger partial charge in [-0.15, -0.1) is 0 Å². The summed E-state index contributed by atoms with van der Waals surface area (Å²) in [6, 6.07) is 29.6. The summed E-state index contributed by atoms with van der Waals surface area (Å²) in [5.74, 6) is 0. The normalized spacial score (nSPS) is 18.7. The lowest BCUT2D eigenvalue weighted by molar-refractivity contribution is -0.178. The van der Waals surface area contributed by atoms with Crippen molar-refractivity contribution in [1.29, 1.82) is 0 Å². The third-order valence-corrected chi connectivity index (χ3v) is 5.92. The lowest BCUT2D eigenvalue weighted by atomic mass is 9.78. The van der Waals surface area contributed by atoms with Crippen LogP contribution in [0.3, 0.4) is 0 Å². The molecule has 0 N–H and O–H groups in total. The van der Waals surface area contributed by atoms with Gasteiger partial charge in [0.25, 0.3) is 0 Å². The third-order valence-electron chi connectivity index (χ3n) is 5.00. The van der Waals surface area contributed by atoms with Crippen molar-refractivity contribution in [3.05, 3.63) is 107 Å². The molecule has 1 aliphatic heterocycles. The van der Waals surface area contributed by atoms with Crippen molar-refractivity contribution in [2.75, 3.05) is 0 Å². The predicted molar refractivity (Wildman–Crippen MR) is 112 cm³/mol. The molecule has 27 heavy (non-hydrogen) atoms. The molecule has 0 spiro atoms. The maximum atomic E-state index is 6.86. The number of ether oxygens (including phenoxy) is 1. The summed E-state index contributed by atoms with van der Waals surface area (Å²) in [7, 11) is -1.80. The van der Waals surface area contributed by atoms with E-state index in [1.807, 2.05) is 0 Å². The highest BCUT2D eigenvalue weighted by Gasteiger charge is 2.44. The summed E-state index contributed by atoms with van der Waals surface area (Å²) in [4.78, 5) is 0. The van der Waals surface area contributed by atoms with Gasteiger partial charge in [-0.1, -0.05) is 84.9 Å². The SMILES string of the molecule is C[Si](C)(C)OC1OC(c2ccccc2)(c2ccccc2)Cc2ccccc21. The lowest BCUT2D eigenvalue weighted by Gasteiger charge is -2.44. The Morgan fingerprint density at radius 2 is 1.30 bits per heavy atom. The minimum atomic E-state index is -1.80. The number of hydrogen-bond donors (Lipinski definition) is 0. The van der Waals surface area contributed by atoms with Gasteiger partial charge in [0, 0.05) is 12.0 Å². The summed E-state index contributed by atoms with van der Waals surface area (Å²) < 4.78 is 13.4. The zero-order chi connectivity index (χ0) is 18.9. The van der Waals surface area contributed by atoms with Crippen LogP contribution in [0.2, 0.25) is 19.6 Å².